The summed E-state index contributed by atoms with van der Waals surface area (Å²) in [6, 6.07) is 26.5. The number of hydrogen-bond donors (Lipinski definition) is 3. The minimum Gasteiger partial charge on any atom is -0.336 e. The number of fused-ring (bicyclic) bond motifs is 2. The second kappa shape index (κ2) is 9.31. The molecule has 0 unspecified atom stereocenters. The number of nitrogens with zero attached hydrogens (tertiary/aromatic N) is 5. The van der Waals surface area contributed by atoms with E-state index in [1.54, 1.807) is 30.7 Å². The van der Waals surface area contributed by atoms with Crippen LogP contribution in [-0.2, 0) is 0 Å². The number of para-hydroxylation sites is 1. The Hall–Kier alpha value is -5.70. The molecule has 0 fully saturated rings. The molecular formula is C30H20N8O. The molecule has 186 valence electrons. The van der Waals surface area contributed by atoms with Crippen LogP contribution in [0.25, 0.3) is 56.1 Å². The molecule has 0 atom stereocenters. The van der Waals surface area contributed by atoms with E-state index < -0.39 is 0 Å². The molecule has 0 saturated heterocycles. The molecule has 39 heavy (non-hydrogen) atoms. The number of rotatable bonds is 5. The van der Waals surface area contributed by atoms with Crippen LogP contribution in [-0.4, -0.2) is 41.0 Å². The molecule has 0 radical (unpaired) electrons. The van der Waals surface area contributed by atoms with Crippen LogP contribution >= 0.6 is 0 Å². The molecule has 7 rings (SSSR count). The molecule has 0 spiro atoms. The summed E-state index contributed by atoms with van der Waals surface area (Å²) in [5.41, 5.74) is 8.14. The summed E-state index contributed by atoms with van der Waals surface area (Å²) in [5, 5.41) is 10.5. The molecule has 1 amide bonds. The zero-order valence-corrected chi connectivity index (χ0v) is 20.5. The molecule has 0 saturated carbocycles. The monoisotopic (exact) mass is 508 g/mol. The number of carbonyl (C=O) groups is 1. The van der Waals surface area contributed by atoms with Crippen molar-refractivity contribution in [2.24, 2.45) is 0 Å². The van der Waals surface area contributed by atoms with Crippen LogP contribution < -0.4 is 5.32 Å². The van der Waals surface area contributed by atoms with E-state index in [-0.39, 0.29) is 5.91 Å². The summed E-state index contributed by atoms with van der Waals surface area (Å²) in [6.45, 7) is 0. The molecule has 3 N–H and O–H groups in total. The number of nitrogens with one attached hydrogen (secondary N) is 3. The van der Waals surface area contributed by atoms with Crippen molar-refractivity contribution in [3.05, 3.63) is 109 Å². The van der Waals surface area contributed by atoms with Crippen molar-refractivity contribution in [2.45, 2.75) is 0 Å². The summed E-state index contributed by atoms with van der Waals surface area (Å²) in [4.78, 5) is 34.6. The van der Waals surface area contributed by atoms with Gasteiger partial charge in [0.15, 0.2) is 11.5 Å². The Balaban J connectivity index is 1.25. The first-order chi connectivity index (χ1) is 19.2. The third-order valence-corrected chi connectivity index (χ3v) is 6.41. The van der Waals surface area contributed by atoms with E-state index in [0.717, 1.165) is 33.4 Å². The van der Waals surface area contributed by atoms with E-state index in [0.29, 0.717) is 34.0 Å². The molecule has 0 aliphatic heterocycles. The van der Waals surface area contributed by atoms with E-state index in [1.165, 1.54) is 0 Å². The predicted molar refractivity (Wildman–Crippen MR) is 150 cm³/mol. The lowest BCUT2D eigenvalue weighted by molar-refractivity contribution is 0.102. The highest BCUT2D eigenvalue weighted by Crippen LogP contribution is 2.31. The van der Waals surface area contributed by atoms with E-state index >= 15 is 0 Å². The predicted octanol–water partition coefficient (Wildman–Crippen LogP) is 5.88. The fourth-order valence-electron chi connectivity index (χ4n) is 4.54. The summed E-state index contributed by atoms with van der Waals surface area (Å²) < 4.78 is 0. The number of carbonyl (C=O) groups excluding carboxylic acids is 1. The minimum atomic E-state index is -0.204. The van der Waals surface area contributed by atoms with Gasteiger partial charge in [-0.05, 0) is 48.5 Å². The van der Waals surface area contributed by atoms with Crippen molar-refractivity contribution < 1.29 is 4.79 Å². The Morgan fingerprint density at radius 1 is 0.769 bits per heavy atom. The number of aromatic nitrogens is 7. The maximum absolute atomic E-state index is 12.6. The Bertz CT molecular complexity index is 1960. The maximum Gasteiger partial charge on any atom is 0.255 e. The lowest BCUT2D eigenvalue weighted by Gasteiger charge is -2.07. The van der Waals surface area contributed by atoms with Gasteiger partial charge < -0.3 is 10.3 Å². The standard InChI is InChI=1S/C30H20N8O/c39-30(18-7-2-1-3-8-18)33-20-15-19(16-31-17-20)22-12-13-25-27(34-22)28(38-37-25)29-35-24-11-6-9-21(26(24)36-29)23-10-4-5-14-32-23/h1-17H,(H,33,39)(H,35,36)(H,37,38). The Morgan fingerprint density at radius 3 is 2.54 bits per heavy atom. The lowest BCUT2D eigenvalue weighted by atomic mass is 10.1. The van der Waals surface area contributed by atoms with Crippen LogP contribution in [0.4, 0.5) is 5.69 Å². The van der Waals surface area contributed by atoms with Gasteiger partial charge in [0.2, 0.25) is 0 Å². The number of amides is 1. The normalized spacial score (nSPS) is 11.2. The van der Waals surface area contributed by atoms with E-state index in [4.69, 9.17) is 9.97 Å². The van der Waals surface area contributed by atoms with Gasteiger partial charge in [-0.1, -0.05) is 36.4 Å². The van der Waals surface area contributed by atoms with Crippen molar-refractivity contribution in [2.75, 3.05) is 5.32 Å². The number of benzene rings is 2. The highest BCUT2D eigenvalue weighted by Gasteiger charge is 2.17. The van der Waals surface area contributed by atoms with E-state index in [1.807, 2.05) is 72.8 Å². The molecule has 5 heterocycles. The molecule has 2 aromatic carbocycles. The van der Waals surface area contributed by atoms with Crippen molar-refractivity contribution in [3.63, 3.8) is 0 Å². The first-order valence-corrected chi connectivity index (χ1v) is 12.3. The van der Waals surface area contributed by atoms with Crippen molar-refractivity contribution in [1.29, 1.82) is 0 Å². The van der Waals surface area contributed by atoms with Gasteiger partial charge in [0.1, 0.15) is 5.52 Å². The van der Waals surface area contributed by atoms with Crippen LogP contribution in [0.15, 0.2) is 104 Å². The summed E-state index contributed by atoms with van der Waals surface area (Å²) in [5.74, 6) is 0.399. The molecule has 9 nitrogen and oxygen atoms in total. The number of hydrogen-bond acceptors (Lipinski definition) is 6. The van der Waals surface area contributed by atoms with E-state index in [2.05, 4.69) is 30.5 Å². The van der Waals surface area contributed by atoms with Gasteiger partial charge in [-0.2, -0.15) is 5.10 Å². The summed E-state index contributed by atoms with van der Waals surface area (Å²) in [7, 11) is 0. The SMILES string of the molecule is O=C(Nc1cncc(-c2ccc3[nH]nc(-c4nc5c(-c6ccccn6)cccc5[nH]4)c3n2)c1)c1ccccc1. The molecule has 9 heteroatoms. The van der Waals surface area contributed by atoms with Crippen molar-refractivity contribution in [3.8, 4) is 34.0 Å². The first-order valence-electron chi connectivity index (χ1n) is 12.3. The number of aromatic amines is 2. The summed E-state index contributed by atoms with van der Waals surface area (Å²) in [6.07, 6.45) is 5.09. The van der Waals surface area contributed by atoms with Crippen LogP contribution in [0.3, 0.4) is 0 Å². The molecule has 0 aliphatic rings. The zero-order valence-electron chi connectivity index (χ0n) is 20.5. The third-order valence-electron chi connectivity index (χ3n) is 6.41. The smallest absolute Gasteiger partial charge is 0.255 e. The van der Waals surface area contributed by atoms with Crippen LogP contribution in [0, 0.1) is 0 Å². The average molecular weight is 509 g/mol. The number of H-pyrrole nitrogens is 2. The molecule has 7 aromatic rings. The highest BCUT2D eigenvalue weighted by molar-refractivity contribution is 6.04. The highest BCUT2D eigenvalue weighted by atomic mass is 16.1. The average Bonchev–Trinajstić information content (AvgIpc) is 3.62. The van der Waals surface area contributed by atoms with Gasteiger partial charge in [0.05, 0.1) is 39.8 Å². The topological polar surface area (TPSA) is 125 Å². The van der Waals surface area contributed by atoms with Crippen molar-refractivity contribution >= 4 is 33.7 Å². The maximum atomic E-state index is 12.6. The fourth-order valence-corrected chi connectivity index (χ4v) is 4.54. The Morgan fingerprint density at radius 2 is 1.67 bits per heavy atom. The Kier molecular flexibility index (Phi) is 5.37. The van der Waals surface area contributed by atoms with Gasteiger partial charge in [0, 0.05) is 29.1 Å². The quantitative estimate of drug-likeness (QED) is 0.267. The number of imidazole rings is 1. The number of anilines is 1. The van der Waals surface area contributed by atoms with Crippen LogP contribution in [0.1, 0.15) is 10.4 Å². The van der Waals surface area contributed by atoms with Gasteiger partial charge in [-0.15, -0.1) is 0 Å². The van der Waals surface area contributed by atoms with Gasteiger partial charge in [-0.3, -0.25) is 19.9 Å². The second-order valence-electron chi connectivity index (χ2n) is 8.95. The third kappa shape index (κ3) is 4.17. The second-order valence-corrected chi connectivity index (χ2v) is 8.95. The fraction of sp³-hybridized carbons (Fsp3) is 0. The largest absolute Gasteiger partial charge is 0.336 e. The van der Waals surface area contributed by atoms with Crippen LogP contribution in [0.2, 0.25) is 0 Å². The zero-order chi connectivity index (χ0) is 26.2. The summed E-state index contributed by atoms with van der Waals surface area (Å²) >= 11 is 0. The lowest BCUT2D eigenvalue weighted by Crippen LogP contribution is -2.11. The van der Waals surface area contributed by atoms with Crippen molar-refractivity contribution in [1.82, 2.24) is 35.1 Å². The van der Waals surface area contributed by atoms with E-state index in [9.17, 15) is 4.79 Å². The number of pyridine rings is 3. The molecular weight excluding hydrogens is 488 g/mol. The molecule has 0 aliphatic carbocycles. The van der Waals surface area contributed by atoms with Gasteiger partial charge >= 0.3 is 0 Å². The molecule has 5 aromatic heterocycles. The first kappa shape index (κ1) is 22.5. The minimum absolute atomic E-state index is 0.204. The molecule has 0 bridgehead atoms. The van der Waals surface area contributed by atoms with Gasteiger partial charge in [0.25, 0.3) is 5.91 Å². The van der Waals surface area contributed by atoms with Crippen LogP contribution in [0.5, 0.6) is 0 Å². The Labute approximate surface area is 222 Å². The van der Waals surface area contributed by atoms with Gasteiger partial charge in [-0.25, -0.2) is 9.97 Å².